The van der Waals surface area contributed by atoms with Gasteiger partial charge in [-0.1, -0.05) is 30.1 Å². The third-order valence-electron chi connectivity index (χ3n) is 2.14. The summed E-state index contributed by atoms with van der Waals surface area (Å²) in [5, 5.41) is 0. The summed E-state index contributed by atoms with van der Waals surface area (Å²) in [6.07, 6.45) is 0.752. The topological polar surface area (TPSA) is 46.2 Å². The molecule has 0 saturated heterocycles. The molecule has 0 aliphatic rings. The molecule has 1 atom stereocenters. The Labute approximate surface area is 120 Å². The van der Waals surface area contributed by atoms with Crippen molar-refractivity contribution in [3.05, 3.63) is 14.7 Å². The molecule has 0 radical (unpaired) electrons. The van der Waals surface area contributed by atoms with Crippen LogP contribution in [0.3, 0.4) is 0 Å². The maximum atomic E-state index is 11.9. The molecule has 1 heterocycles. The molecule has 0 saturated carbocycles. The molecule has 0 aliphatic heterocycles. The first kappa shape index (κ1) is 15.5. The maximum Gasteiger partial charge on any atom is 0.242 e. The third kappa shape index (κ3) is 4.58. The van der Waals surface area contributed by atoms with Gasteiger partial charge in [-0.3, -0.25) is 0 Å². The monoisotopic (exact) mass is 335 g/mol. The number of halogens is 3. The van der Waals surface area contributed by atoms with Crippen LogP contribution in [0, 0.1) is 5.92 Å². The van der Waals surface area contributed by atoms with Crippen LogP contribution < -0.4 is 4.72 Å². The molecule has 0 aliphatic carbocycles. The summed E-state index contributed by atoms with van der Waals surface area (Å²) >= 11 is 18.1. The molecule has 1 N–H and O–H groups in total. The van der Waals surface area contributed by atoms with Crippen LogP contribution in [0.1, 0.15) is 13.3 Å². The summed E-state index contributed by atoms with van der Waals surface area (Å²) in [5.74, 6) is 0.684. The first-order valence-corrected chi connectivity index (χ1v) is 8.46. The molecule has 98 valence electrons. The lowest BCUT2D eigenvalue weighted by Crippen LogP contribution is -2.28. The van der Waals surface area contributed by atoms with Crippen molar-refractivity contribution in [2.45, 2.75) is 18.2 Å². The van der Waals surface area contributed by atoms with E-state index in [2.05, 4.69) is 4.72 Å². The van der Waals surface area contributed by atoms with E-state index in [1.54, 1.807) is 0 Å². The molecule has 0 bridgehead atoms. The van der Waals surface area contributed by atoms with Gasteiger partial charge in [0, 0.05) is 12.4 Å². The number of thiophene rings is 1. The van der Waals surface area contributed by atoms with Crippen LogP contribution in [-0.2, 0) is 10.0 Å². The highest BCUT2D eigenvalue weighted by atomic mass is 35.5. The summed E-state index contributed by atoms with van der Waals surface area (Å²) in [6.45, 7) is 2.26. The van der Waals surface area contributed by atoms with Crippen molar-refractivity contribution in [3.8, 4) is 0 Å². The third-order valence-corrected chi connectivity index (χ3v) is 5.53. The molecule has 3 nitrogen and oxygen atoms in total. The van der Waals surface area contributed by atoms with Gasteiger partial charge in [0.2, 0.25) is 10.0 Å². The predicted molar refractivity (Wildman–Crippen MR) is 74.0 cm³/mol. The second-order valence-corrected chi connectivity index (χ2v) is 8.02. The zero-order chi connectivity index (χ0) is 13.1. The Balaban J connectivity index is 2.73. The molecule has 1 aromatic heterocycles. The molecule has 0 aromatic carbocycles. The fraction of sp³-hybridized carbons (Fsp3) is 0.556. The van der Waals surface area contributed by atoms with Crippen molar-refractivity contribution < 1.29 is 8.42 Å². The number of alkyl halides is 1. The number of hydrogen-bond acceptors (Lipinski definition) is 3. The van der Waals surface area contributed by atoms with Crippen LogP contribution in [-0.4, -0.2) is 20.8 Å². The van der Waals surface area contributed by atoms with Gasteiger partial charge in [-0.25, -0.2) is 13.1 Å². The molecule has 0 fully saturated rings. The van der Waals surface area contributed by atoms with Crippen molar-refractivity contribution >= 4 is 56.2 Å². The number of hydrogen-bond donors (Lipinski definition) is 1. The van der Waals surface area contributed by atoms with E-state index in [9.17, 15) is 8.42 Å². The minimum atomic E-state index is -3.58. The Morgan fingerprint density at radius 3 is 2.59 bits per heavy atom. The van der Waals surface area contributed by atoms with Crippen LogP contribution >= 0.6 is 46.1 Å². The van der Waals surface area contributed by atoms with E-state index in [4.69, 9.17) is 34.8 Å². The summed E-state index contributed by atoms with van der Waals surface area (Å²) in [4.78, 5) is 0.0345. The normalized spacial score (nSPS) is 13.9. The SMILES string of the molecule is CC(CCCl)CNS(=O)(=O)c1cc(Cl)sc1Cl. The van der Waals surface area contributed by atoms with Crippen molar-refractivity contribution in [1.29, 1.82) is 0 Å². The van der Waals surface area contributed by atoms with E-state index < -0.39 is 10.0 Å². The van der Waals surface area contributed by atoms with E-state index >= 15 is 0 Å². The molecular weight excluding hydrogens is 325 g/mol. The summed E-state index contributed by atoms with van der Waals surface area (Å²) < 4.78 is 26.8. The van der Waals surface area contributed by atoms with Crippen molar-refractivity contribution in [2.75, 3.05) is 12.4 Å². The summed E-state index contributed by atoms with van der Waals surface area (Å²) in [5.41, 5.74) is 0. The van der Waals surface area contributed by atoms with Crippen LogP contribution in [0.25, 0.3) is 0 Å². The highest BCUT2D eigenvalue weighted by molar-refractivity contribution is 7.89. The van der Waals surface area contributed by atoms with Gasteiger partial charge in [0.05, 0.1) is 4.34 Å². The Morgan fingerprint density at radius 2 is 2.12 bits per heavy atom. The minimum Gasteiger partial charge on any atom is -0.211 e. The largest absolute Gasteiger partial charge is 0.242 e. The number of sulfonamides is 1. The maximum absolute atomic E-state index is 11.9. The van der Waals surface area contributed by atoms with Gasteiger partial charge in [0.25, 0.3) is 0 Å². The van der Waals surface area contributed by atoms with E-state index in [0.29, 0.717) is 16.8 Å². The second kappa shape index (κ2) is 6.59. The first-order chi connectivity index (χ1) is 7.86. The second-order valence-electron chi connectivity index (χ2n) is 3.62. The number of rotatable bonds is 6. The Hall–Kier alpha value is 0.480. The van der Waals surface area contributed by atoms with Crippen LogP contribution in [0.15, 0.2) is 11.0 Å². The Bertz CT molecular complexity index is 473. The van der Waals surface area contributed by atoms with Gasteiger partial charge in [-0.15, -0.1) is 22.9 Å². The molecule has 8 heteroatoms. The average molecular weight is 337 g/mol. The zero-order valence-corrected chi connectivity index (χ0v) is 12.9. The highest BCUT2D eigenvalue weighted by Crippen LogP contribution is 2.34. The van der Waals surface area contributed by atoms with Crippen molar-refractivity contribution in [3.63, 3.8) is 0 Å². The summed E-state index contributed by atoms with van der Waals surface area (Å²) in [7, 11) is -3.58. The molecule has 0 amide bonds. The van der Waals surface area contributed by atoms with Gasteiger partial charge in [0.1, 0.15) is 9.23 Å². The first-order valence-electron chi connectivity index (χ1n) is 4.87. The van der Waals surface area contributed by atoms with Crippen molar-refractivity contribution in [2.24, 2.45) is 5.92 Å². The molecule has 1 unspecified atom stereocenters. The molecular formula is C9H12Cl3NO2S2. The van der Waals surface area contributed by atoms with Gasteiger partial charge in [-0.05, 0) is 18.4 Å². The lowest BCUT2D eigenvalue weighted by Gasteiger charge is -2.10. The van der Waals surface area contributed by atoms with Gasteiger partial charge in [0.15, 0.2) is 0 Å². The fourth-order valence-corrected chi connectivity index (χ4v) is 4.81. The quantitative estimate of drug-likeness (QED) is 0.807. The Kier molecular flexibility index (Phi) is 6.02. The fourth-order valence-electron chi connectivity index (χ4n) is 1.13. The van der Waals surface area contributed by atoms with E-state index in [1.165, 1.54) is 6.07 Å². The van der Waals surface area contributed by atoms with Gasteiger partial charge < -0.3 is 0 Å². The van der Waals surface area contributed by atoms with E-state index in [0.717, 1.165) is 17.8 Å². The molecule has 1 rings (SSSR count). The van der Waals surface area contributed by atoms with Gasteiger partial charge >= 0.3 is 0 Å². The predicted octanol–water partition coefficient (Wildman–Crippen LogP) is 3.60. The van der Waals surface area contributed by atoms with Crippen molar-refractivity contribution in [1.82, 2.24) is 4.72 Å². The van der Waals surface area contributed by atoms with E-state index in [1.807, 2.05) is 6.92 Å². The summed E-state index contributed by atoms with van der Waals surface area (Å²) in [6, 6.07) is 1.35. The molecule has 17 heavy (non-hydrogen) atoms. The van der Waals surface area contributed by atoms with Gasteiger partial charge in [-0.2, -0.15) is 0 Å². The average Bonchev–Trinajstić information content (AvgIpc) is 2.56. The van der Waals surface area contributed by atoms with E-state index in [-0.39, 0.29) is 15.1 Å². The molecule has 1 aromatic rings. The number of nitrogens with one attached hydrogen (secondary N) is 1. The lowest BCUT2D eigenvalue weighted by molar-refractivity contribution is 0.530. The minimum absolute atomic E-state index is 0.0345. The Morgan fingerprint density at radius 1 is 1.47 bits per heavy atom. The highest BCUT2D eigenvalue weighted by Gasteiger charge is 2.21. The smallest absolute Gasteiger partial charge is 0.211 e. The standard InChI is InChI=1S/C9H12Cl3NO2S2/c1-6(2-3-10)5-13-17(14,15)7-4-8(11)16-9(7)12/h4,6,13H,2-3,5H2,1H3. The molecule has 0 spiro atoms. The van der Waals surface area contributed by atoms with Crippen LogP contribution in [0.5, 0.6) is 0 Å². The lowest BCUT2D eigenvalue weighted by atomic mass is 10.1. The van der Waals surface area contributed by atoms with Crippen LogP contribution in [0.2, 0.25) is 8.67 Å². The van der Waals surface area contributed by atoms with Crippen LogP contribution in [0.4, 0.5) is 0 Å². The zero-order valence-electron chi connectivity index (χ0n) is 9.04.